The number of halogens is 1. The lowest BCUT2D eigenvalue weighted by Crippen LogP contribution is -2.35. The summed E-state index contributed by atoms with van der Waals surface area (Å²) in [6, 6.07) is 3.13. The molecule has 0 aromatic heterocycles. The SMILES string of the molecule is CCN(CC)CCNC(=O)c1cc([123I])c(NS(C)(=O)=O)cc1OC. The van der Waals surface area contributed by atoms with Gasteiger partial charge in [0.05, 0.1) is 24.6 Å². The van der Waals surface area contributed by atoms with Crippen LogP contribution in [0.2, 0.25) is 0 Å². The highest BCUT2D eigenvalue weighted by Crippen LogP contribution is 2.29. The first-order valence-electron chi connectivity index (χ1n) is 7.57. The van der Waals surface area contributed by atoms with Gasteiger partial charge in [-0.2, -0.15) is 0 Å². The van der Waals surface area contributed by atoms with Crippen molar-refractivity contribution in [2.45, 2.75) is 13.8 Å². The van der Waals surface area contributed by atoms with Gasteiger partial charge < -0.3 is 15.0 Å². The third-order valence-corrected chi connectivity index (χ3v) is 4.92. The van der Waals surface area contributed by atoms with Crippen LogP contribution in [0.5, 0.6) is 5.75 Å². The molecule has 0 bridgehead atoms. The van der Waals surface area contributed by atoms with Crippen LogP contribution < -0.4 is 14.8 Å². The number of anilines is 1. The third kappa shape index (κ3) is 6.44. The van der Waals surface area contributed by atoms with Gasteiger partial charge >= 0.3 is 0 Å². The van der Waals surface area contributed by atoms with E-state index in [0.717, 1.165) is 25.9 Å². The molecular weight excluding hydrogens is 441 g/mol. The van der Waals surface area contributed by atoms with Crippen LogP contribution in [0, 0.1) is 3.57 Å². The number of nitrogens with one attached hydrogen (secondary N) is 2. The first kappa shape index (κ1) is 21.0. The van der Waals surface area contributed by atoms with Crippen molar-refractivity contribution in [1.82, 2.24) is 10.2 Å². The Morgan fingerprint density at radius 1 is 1.29 bits per heavy atom. The summed E-state index contributed by atoms with van der Waals surface area (Å²) < 4.78 is 31.1. The second kappa shape index (κ2) is 9.42. The lowest BCUT2D eigenvalue weighted by molar-refractivity contribution is 0.0946. The Balaban J connectivity index is 2.91. The van der Waals surface area contributed by atoms with Gasteiger partial charge in [-0.1, -0.05) is 13.8 Å². The molecule has 0 aliphatic rings. The van der Waals surface area contributed by atoms with Gasteiger partial charge in [0.2, 0.25) is 10.0 Å². The Kier molecular flexibility index (Phi) is 8.23. The van der Waals surface area contributed by atoms with Gasteiger partial charge in [0.1, 0.15) is 5.75 Å². The van der Waals surface area contributed by atoms with E-state index in [4.69, 9.17) is 4.74 Å². The number of rotatable bonds is 9. The van der Waals surface area contributed by atoms with Gasteiger partial charge in [-0.3, -0.25) is 9.52 Å². The monoisotopic (exact) mass is 465 g/mol. The van der Waals surface area contributed by atoms with E-state index in [9.17, 15) is 13.2 Å². The maximum absolute atomic E-state index is 12.4. The van der Waals surface area contributed by atoms with Gasteiger partial charge in [-0.25, -0.2) is 8.42 Å². The quantitative estimate of drug-likeness (QED) is 0.543. The number of ether oxygens (including phenoxy) is 1. The molecule has 0 spiro atoms. The van der Waals surface area contributed by atoms with Crippen LogP contribution in [-0.2, 0) is 10.0 Å². The van der Waals surface area contributed by atoms with Crippen molar-refractivity contribution in [3.05, 3.63) is 21.3 Å². The lowest BCUT2D eigenvalue weighted by Gasteiger charge is -2.18. The van der Waals surface area contributed by atoms with E-state index in [-0.39, 0.29) is 5.91 Å². The van der Waals surface area contributed by atoms with E-state index in [2.05, 4.69) is 28.8 Å². The Hall–Kier alpha value is -1.07. The summed E-state index contributed by atoms with van der Waals surface area (Å²) in [5.41, 5.74) is 0.759. The zero-order valence-corrected chi connectivity index (χ0v) is 17.3. The number of nitrogens with zero attached hydrogens (tertiary/aromatic N) is 1. The zero-order valence-electron chi connectivity index (χ0n) is 14.3. The number of sulfonamides is 1. The van der Waals surface area contributed by atoms with Gasteiger partial charge in [-0.05, 0) is 41.7 Å². The second-order valence-electron chi connectivity index (χ2n) is 5.19. The topological polar surface area (TPSA) is 87.7 Å². The fourth-order valence-electron chi connectivity index (χ4n) is 2.14. The number of likely N-dealkylation sites (N-methyl/N-ethyl adjacent to an activating group) is 1. The van der Waals surface area contributed by atoms with E-state index in [0.29, 0.717) is 27.1 Å². The standard InChI is InChI=1S/C15H24IN3O4S/c1-5-19(6-2)8-7-17-15(20)11-9-12(16)13(10-14(11)23-3)18-24(4,21)22/h9-10,18H,5-8H2,1-4H3,(H,17,20)/i16-4. The van der Waals surface area contributed by atoms with Crippen molar-refractivity contribution >= 4 is 44.2 Å². The molecule has 2 N–H and O–H groups in total. The van der Waals surface area contributed by atoms with Crippen molar-refractivity contribution in [3.8, 4) is 5.75 Å². The molecule has 7 nitrogen and oxygen atoms in total. The Bertz CT molecular complexity index is 676. The second-order valence-corrected chi connectivity index (χ2v) is 8.10. The predicted molar refractivity (Wildman–Crippen MR) is 104 cm³/mol. The number of carbonyl (C=O) groups excluding carboxylic acids is 1. The fraction of sp³-hybridized carbons (Fsp3) is 0.533. The van der Waals surface area contributed by atoms with Crippen LogP contribution in [0.15, 0.2) is 12.1 Å². The molecule has 0 aliphatic carbocycles. The molecule has 0 atom stereocenters. The van der Waals surface area contributed by atoms with Crippen molar-refractivity contribution in [2.24, 2.45) is 0 Å². The Morgan fingerprint density at radius 3 is 2.42 bits per heavy atom. The van der Waals surface area contributed by atoms with Gasteiger partial charge in [0, 0.05) is 22.7 Å². The fourth-order valence-corrected chi connectivity index (χ4v) is 3.49. The van der Waals surface area contributed by atoms with Gasteiger partial charge in [-0.15, -0.1) is 0 Å². The molecule has 0 saturated carbocycles. The summed E-state index contributed by atoms with van der Waals surface area (Å²) in [5, 5.41) is 2.87. The van der Waals surface area contributed by atoms with Crippen molar-refractivity contribution < 1.29 is 17.9 Å². The van der Waals surface area contributed by atoms with Crippen LogP contribution in [0.4, 0.5) is 5.69 Å². The number of carbonyl (C=O) groups is 1. The van der Waals surface area contributed by atoms with Crippen molar-refractivity contribution in [1.29, 1.82) is 0 Å². The summed E-state index contributed by atoms with van der Waals surface area (Å²) in [6.07, 6.45) is 1.07. The molecule has 0 unspecified atom stereocenters. The minimum atomic E-state index is -3.40. The van der Waals surface area contributed by atoms with Crippen molar-refractivity contribution in [2.75, 3.05) is 44.3 Å². The summed E-state index contributed by atoms with van der Waals surface area (Å²) in [6.45, 7) is 7.31. The number of hydrogen-bond acceptors (Lipinski definition) is 5. The van der Waals surface area contributed by atoms with Gasteiger partial charge in [0.15, 0.2) is 0 Å². The molecule has 136 valence electrons. The molecule has 0 fully saturated rings. The number of methoxy groups -OCH3 is 1. The molecule has 9 heteroatoms. The lowest BCUT2D eigenvalue weighted by atomic mass is 10.1. The molecule has 1 aromatic rings. The first-order valence-corrected chi connectivity index (χ1v) is 10.5. The zero-order chi connectivity index (χ0) is 18.3. The normalized spacial score (nSPS) is 11.4. The minimum absolute atomic E-state index is 0.247. The van der Waals surface area contributed by atoms with Gasteiger partial charge in [0.25, 0.3) is 5.91 Å². The van der Waals surface area contributed by atoms with Crippen molar-refractivity contribution in [3.63, 3.8) is 0 Å². The molecule has 0 radical (unpaired) electrons. The van der Waals surface area contributed by atoms with E-state index in [1.807, 2.05) is 22.6 Å². The third-order valence-electron chi connectivity index (χ3n) is 3.44. The van der Waals surface area contributed by atoms with E-state index < -0.39 is 10.0 Å². The number of benzene rings is 1. The smallest absolute Gasteiger partial charge is 0.255 e. The van der Waals surface area contributed by atoms with Crippen LogP contribution in [0.1, 0.15) is 24.2 Å². The number of amides is 1. The molecule has 1 aromatic carbocycles. The highest BCUT2D eigenvalue weighted by atomic mass is 123. The maximum atomic E-state index is 12.4. The van der Waals surface area contributed by atoms with Crippen LogP contribution in [0.25, 0.3) is 0 Å². The molecule has 0 heterocycles. The maximum Gasteiger partial charge on any atom is 0.255 e. The summed E-state index contributed by atoms with van der Waals surface area (Å²) in [4.78, 5) is 14.6. The van der Waals surface area contributed by atoms with E-state index in [1.54, 1.807) is 6.07 Å². The number of hydrogen-bond donors (Lipinski definition) is 2. The summed E-state index contributed by atoms with van der Waals surface area (Å²) >= 11 is 1.98. The first-order chi connectivity index (χ1) is 11.2. The average molecular weight is 465 g/mol. The van der Waals surface area contributed by atoms with Crippen LogP contribution >= 0.6 is 22.6 Å². The highest BCUT2D eigenvalue weighted by molar-refractivity contribution is 14.1. The molecule has 0 aliphatic heterocycles. The predicted octanol–water partition coefficient (Wildman–Crippen LogP) is 1.74. The highest BCUT2D eigenvalue weighted by Gasteiger charge is 2.17. The molecular formula is C15H24IN3O4S. The molecule has 24 heavy (non-hydrogen) atoms. The Labute approximate surface area is 157 Å². The molecule has 1 amide bonds. The molecule has 0 saturated heterocycles. The average Bonchev–Trinajstić information content (AvgIpc) is 2.51. The van der Waals surface area contributed by atoms with E-state index in [1.165, 1.54) is 13.2 Å². The summed E-state index contributed by atoms with van der Waals surface area (Å²) in [7, 11) is -1.96. The largest absolute Gasteiger partial charge is 0.496 e. The minimum Gasteiger partial charge on any atom is -0.496 e. The Morgan fingerprint density at radius 2 is 1.92 bits per heavy atom. The summed E-state index contributed by atoms with van der Waals surface area (Å²) in [5.74, 6) is 0.0738. The van der Waals surface area contributed by atoms with E-state index >= 15 is 0 Å². The van der Waals surface area contributed by atoms with Crippen LogP contribution in [0.3, 0.4) is 0 Å². The molecule has 1 rings (SSSR count). The van der Waals surface area contributed by atoms with Crippen LogP contribution in [-0.4, -0.2) is 58.8 Å².